The Hall–Kier alpha value is -1.65. The van der Waals surface area contributed by atoms with E-state index in [4.69, 9.17) is 0 Å². The van der Waals surface area contributed by atoms with E-state index in [9.17, 15) is 26.4 Å². The normalized spacial score (nSPS) is 17.9. The second-order valence-electron chi connectivity index (χ2n) is 7.86. The van der Waals surface area contributed by atoms with Crippen LogP contribution >= 0.6 is 0 Å². The molecule has 28 heavy (non-hydrogen) atoms. The molecule has 0 aromatic heterocycles. The van der Waals surface area contributed by atoms with Crippen LogP contribution in [0, 0.1) is 0 Å². The minimum atomic E-state index is -4.61. The van der Waals surface area contributed by atoms with Crippen LogP contribution in [0.15, 0.2) is 29.2 Å². The molecule has 0 aliphatic carbocycles. The second-order valence-corrected chi connectivity index (χ2v) is 9.80. The number of amides is 1. The van der Waals surface area contributed by atoms with Gasteiger partial charge in [-0.05, 0) is 51.9 Å². The molecule has 1 fully saturated rings. The van der Waals surface area contributed by atoms with Crippen molar-refractivity contribution in [3.63, 3.8) is 0 Å². The molecule has 1 aliphatic rings. The molecule has 1 heterocycles. The van der Waals surface area contributed by atoms with Gasteiger partial charge in [-0.2, -0.15) is 17.5 Å². The van der Waals surface area contributed by atoms with E-state index in [1.165, 1.54) is 10.4 Å². The van der Waals surface area contributed by atoms with Crippen molar-refractivity contribution in [3.8, 4) is 0 Å². The highest BCUT2D eigenvalue weighted by molar-refractivity contribution is 7.89. The molecular weight excluding hydrogens is 395 g/mol. The number of nitrogens with zero attached hydrogens (tertiary/aromatic N) is 2. The maximum atomic E-state index is 12.9. The summed E-state index contributed by atoms with van der Waals surface area (Å²) in [4.78, 5) is 13.6. The number of carbonyl (C=O) groups is 1. The molecule has 0 unspecified atom stereocenters. The molecule has 6 nitrogen and oxygen atoms in total. The first-order valence-electron chi connectivity index (χ1n) is 9.00. The Morgan fingerprint density at radius 3 is 2.39 bits per heavy atom. The van der Waals surface area contributed by atoms with Crippen LogP contribution in [0.2, 0.25) is 0 Å². The number of nitrogens with one attached hydrogen (secondary N) is 1. The quantitative estimate of drug-likeness (QED) is 0.810. The van der Waals surface area contributed by atoms with E-state index in [2.05, 4.69) is 5.32 Å². The molecule has 1 aromatic rings. The average molecular weight is 421 g/mol. The summed E-state index contributed by atoms with van der Waals surface area (Å²) >= 11 is 0. The largest absolute Gasteiger partial charge is 0.416 e. The van der Waals surface area contributed by atoms with Gasteiger partial charge in [-0.3, -0.25) is 9.69 Å². The monoisotopic (exact) mass is 421 g/mol. The Morgan fingerprint density at radius 1 is 1.11 bits per heavy atom. The molecule has 2 rings (SSSR count). The number of carbonyl (C=O) groups excluding carboxylic acids is 1. The topological polar surface area (TPSA) is 69.7 Å². The van der Waals surface area contributed by atoms with Crippen LogP contribution in [-0.2, 0) is 21.0 Å². The van der Waals surface area contributed by atoms with E-state index in [1.807, 2.05) is 25.7 Å². The Bertz CT molecular complexity index is 804. The van der Waals surface area contributed by atoms with Gasteiger partial charge < -0.3 is 5.32 Å². The van der Waals surface area contributed by atoms with E-state index < -0.39 is 21.8 Å². The minimum absolute atomic E-state index is 0.112. The molecule has 0 saturated carbocycles. The average Bonchev–Trinajstić information content (AvgIpc) is 2.78. The summed E-state index contributed by atoms with van der Waals surface area (Å²) in [6, 6.07) is 3.77. The lowest BCUT2D eigenvalue weighted by atomic mass is 10.1. The maximum absolute atomic E-state index is 12.9. The molecule has 0 radical (unpaired) electrons. The first kappa shape index (κ1) is 22.6. The molecule has 158 valence electrons. The zero-order valence-electron chi connectivity index (χ0n) is 16.2. The third-order valence-corrected chi connectivity index (χ3v) is 6.12. The Balaban J connectivity index is 2.08. The number of hydrogen-bond acceptors (Lipinski definition) is 4. The Kier molecular flexibility index (Phi) is 6.78. The van der Waals surface area contributed by atoms with E-state index in [-0.39, 0.29) is 36.0 Å². The summed E-state index contributed by atoms with van der Waals surface area (Å²) in [5.41, 5.74) is -1.36. The summed E-state index contributed by atoms with van der Waals surface area (Å²) in [6.45, 7) is 6.93. The number of rotatable bonds is 4. The number of benzene rings is 1. The van der Waals surface area contributed by atoms with Gasteiger partial charge >= 0.3 is 6.18 Å². The molecule has 1 aliphatic heterocycles. The van der Waals surface area contributed by atoms with Crippen LogP contribution in [-0.4, -0.2) is 61.8 Å². The summed E-state index contributed by atoms with van der Waals surface area (Å²) < 4.78 is 65.5. The van der Waals surface area contributed by atoms with Crippen LogP contribution in [0.3, 0.4) is 0 Å². The van der Waals surface area contributed by atoms with Crippen molar-refractivity contribution in [2.75, 3.05) is 32.7 Å². The van der Waals surface area contributed by atoms with Gasteiger partial charge in [0.25, 0.3) is 0 Å². The zero-order chi connectivity index (χ0) is 21.2. The van der Waals surface area contributed by atoms with Crippen LogP contribution in [0.4, 0.5) is 13.2 Å². The highest BCUT2D eigenvalue weighted by atomic mass is 32.2. The Labute approximate surface area is 163 Å². The molecular formula is C18H26F3N3O3S. The SMILES string of the molecule is CC(C)(C)NC(=O)CN1CCCN(S(=O)(=O)c2cccc(C(F)(F)F)c2)CC1. The maximum Gasteiger partial charge on any atom is 0.416 e. The van der Waals surface area contributed by atoms with Gasteiger partial charge in [0.15, 0.2) is 0 Å². The highest BCUT2D eigenvalue weighted by Crippen LogP contribution is 2.31. The van der Waals surface area contributed by atoms with Crippen molar-refractivity contribution < 1.29 is 26.4 Å². The summed E-state index contributed by atoms with van der Waals surface area (Å²) in [5.74, 6) is -0.151. The van der Waals surface area contributed by atoms with Crippen LogP contribution in [0.25, 0.3) is 0 Å². The van der Waals surface area contributed by atoms with E-state index in [0.717, 1.165) is 12.1 Å². The van der Waals surface area contributed by atoms with Gasteiger partial charge in [-0.15, -0.1) is 0 Å². The van der Waals surface area contributed by atoms with Crippen LogP contribution in [0.5, 0.6) is 0 Å². The van der Waals surface area contributed by atoms with Crippen molar-refractivity contribution >= 4 is 15.9 Å². The number of hydrogen-bond donors (Lipinski definition) is 1. The lowest BCUT2D eigenvalue weighted by Gasteiger charge is -2.25. The first-order valence-corrected chi connectivity index (χ1v) is 10.4. The fourth-order valence-electron chi connectivity index (χ4n) is 2.99. The van der Waals surface area contributed by atoms with Gasteiger partial charge in [0.1, 0.15) is 0 Å². The van der Waals surface area contributed by atoms with E-state index in [0.29, 0.717) is 25.6 Å². The number of sulfonamides is 1. The summed E-state index contributed by atoms with van der Waals surface area (Å²) in [6.07, 6.45) is -4.12. The highest BCUT2D eigenvalue weighted by Gasteiger charge is 2.33. The van der Waals surface area contributed by atoms with Gasteiger partial charge in [0, 0.05) is 25.2 Å². The first-order chi connectivity index (χ1) is 12.8. The second kappa shape index (κ2) is 8.38. The molecule has 0 atom stereocenters. The molecule has 0 spiro atoms. The molecule has 1 aromatic carbocycles. The van der Waals surface area contributed by atoms with Crippen molar-refractivity contribution in [1.82, 2.24) is 14.5 Å². The smallest absolute Gasteiger partial charge is 0.350 e. The van der Waals surface area contributed by atoms with Gasteiger partial charge in [-0.25, -0.2) is 8.42 Å². The molecule has 10 heteroatoms. The lowest BCUT2D eigenvalue weighted by Crippen LogP contribution is -2.46. The van der Waals surface area contributed by atoms with Crippen LogP contribution in [0.1, 0.15) is 32.8 Å². The predicted octanol–water partition coefficient (Wildman–Crippen LogP) is 2.32. The molecule has 1 amide bonds. The summed E-state index contributed by atoms with van der Waals surface area (Å²) in [7, 11) is -4.04. The third-order valence-electron chi connectivity index (χ3n) is 4.23. The van der Waals surface area contributed by atoms with Gasteiger partial charge in [0.2, 0.25) is 15.9 Å². The molecule has 1 N–H and O–H groups in total. The van der Waals surface area contributed by atoms with Crippen LogP contribution < -0.4 is 5.32 Å². The van der Waals surface area contributed by atoms with Crippen molar-refractivity contribution in [2.24, 2.45) is 0 Å². The fourth-order valence-corrected chi connectivity index (χ4v) is 4.50. The molecule has 0 bridgehead atoms. The van der Waals surface area contributed by atoms with Gasteiger partial charge in [0.05, 0.1) is 17.0 Å². The summed E-state index contributed by atoms with van der Waals surface area (Å²) in [5, 5.41) is 2.86. The number of alkyl halides is 3. The van der Waals surface area contributed by atoms with Crippen molar-refractivity contribution in [3.05, 3.63) is 29.8 Å². The van der Waals surface area contributed by atoms with E-state index in [1.54, 1.807) is 0 Å². The fraction of sp³-hybridized carbons (Fsp3) is 0.611. The van der Waals surface area contributed by atoms with Gasteiger partial charge in [-0.1, -0.05) is 6.07 Å². The number of halogens is 3. The lowest BCUT2D eigenvalue weighted by molar-refractivity contribution is -0.137. The van der Waals surface area contributed by atoms with E-state index >= 15 is 0 Å². The minimum Gasteiger partial charge on any atom is -0.350 e. The Morgan fingerprint density at radius 2 is 1.79 bits per heavy atom. The zero-order valence-corrected chi connectivity index (χ0v) is 17.0. The molecule has 1 saturated heterocycles. The standard InChI is InChI=1S/C18H26F3N3O3S/c1-17(2,3)22-16(25)13-23-8-5-9-24(11-10-23)28(26,27)15-7-4-6-14(12-15)18(19,20)21/h4,6-7,12H,5,8-11,13H2,1-3H3,(H,22,25). The van der Waals surface area contributed by atoms with Crippen molar-refractivity contribution in [1.29, 1.82) is 0 Å². The third kappa shape index (κ3) is 6.18. The predicted molar refractivity (Wildman–Crippen MR) is 99.2 cm³/mol. The van der Waals surface area contributed by atoms with Crippen molar-refractivity contribution in [2.45, 2.75) is 43.8 Å².